The maximum Gasteiger partial charge on any atom is 0.339 e. The summed E-state index contributed by atoms with van der Waals surface area (Å²) in [5, 5.41) is 0. The molecule has 1 fully saturated rings. The lowest BCUT2D eigenvalue weighted by Gasteiger charge is -2.29. The van der Waals surface area contributed by atoms with E-state index in [1.807, 2.05) is 0 Å². The summed E-state index contributed by atoms with van der Waals surface area (Å²) < 4.78 is 33.3. The summed E-state index contributed by atoms with van der Waals surface area (Å²) >= 11 is 0. The lowest BCUT2D eigenvalue weighted by atomic mass is 10.0. The number of esters is 1. The zero-order valence-corrected chi connectivity index (χ0v) is 10.9. The van der Waals surface area contributed by atoms with E-state index < -0.39 is 27.4 Å². The third-order valence-electron chi connectivity index (χ3n) is 2.36. The summed E-state index contributed by atoms with van der Waals surface area (Å²) in [5.74, 6) is -0.608. The van der Waals surface area contributed by atoms with E-state index in [2.05, 4.69) is 4.18 Å². The van der Waals surface area contributed by atoms with Gasteiger partial charge in [-0.2, -0.15) is 12.7 Å². The Bertz CT molecular complexity index is 397. The van der Waals surface area contributed by atoms with Gasteiger partial charge >= 0.3 is 16.3 Å². The highest BCUT2D eigenvalue weighted by Gasteiger charge is 2.52. The molecule has 94 valence electrons. The van der Waals surface area contributed by atoms with Crippen LogP contribution < -0.4 is 0 Å². The molecule has 0 aromatic rings. The molecule has 0 bridgehead atoms. The highest BCUT2D eigenvalue weighted by molar-refractivity contribution is 7.84. The van der Waals surface area contributed by atoms with Crippen LogP contribution in [0.5, 0.6) is 0 Å². The lowest BCUT2D eigenvalue weighted by molar-refractivity contribution is -0.165. The molecule has 0 radical (unpaired) electrons. The molecule has 7 heteroatoms. The van der Waals surface area contributed by atoms with E-state index >= 15 is 0 Å². The molecule has 0 N–H and O–H groups in total. The second-order valence-electron chi connectivity index (χ2n) is 4.96. The molecule has 16 heavy (non-hydrogen) atoms. The van der Waals surface area contributed by atoms with Gasteiger partial charge in [0, 0.05) is 7.05 Å². The average molecular weight is 251 g/mol. The number of carbonyl (C=O) groups is 1. The predicted octanol–water partition coefficient (Wildman–Crippen LogP) is 0.294. The van der Waals surface area contributed by atoms with Gasteiger partial charge in [0.1, 0.15) is 5.60 Å². The maximum absolute atomic E-state index is 11.9. The fourth-order valence-corrected chi connectivity index (χ4v) is 2.34. The molecule has 1 aliphatic heterocycles. The summed E-state index contributed by atoms with van der Waals surface area (Å²) in [6, 6.07) is 0. The van der Waals surface area contributed by atoms with Crippen LogP contribution in [-0.4, -0.2) is 43.5 Å². The SMILES string of the molecule is CN1[C@@](C)(C(=O)OC(C)(C)C)COS1(=O)=O. The number of nitrogens with zero attached hydrogens (tertiary/aromatic N) is 1. The van der Waals surface area contributed by atoms with Gasteiger partial charge < -0.3 is 4.74 Å². The Morgan fingerprint density at radius 2 is 1.94 bits per heavy atom. The van der Waals surface area contributed by atoms with Crippen LogP contribution in [0.1, 0.15) is 27.7 Å². The lowest BCUT2D eigenvalue weighted by Crippen LogP contribution is -2.51. The van der Waals surface area contributed by atoms with Crippen molar-refractivity contribution >= 4 is 16.3 Å². The van der Waals surface area contributed by atoms with Crippen LogP contribution >= 0.6 is 0 Å². The molecule has 0 unspecified atom stereocenters. The quantitative estimate of drug-likeness (QED) is 0.626. The Labute approximate surface area is 95.8 Å². The van der Waals surface area contributed by atoms with Crippen molar-refractivity contribution in [2.75, 3.05) is 13.7 Å². The Morgan fingerprint density at radius 1 is 1.44 bits per heavy atom. The Balaban J connectivity index is 2.93. The van der Waals surface area contributed by atoms with Crippen molar-refractivity contribution in [2.45, 2.75) is 38.8 Å². The van der Waals surface area contributed by atoms with Crippen molar-refractivity contribution in [3.05, 3.63) is 0 Å². The first kappa shape index (κ1) is 13.4. The van der Waals surface area contributed by atoms with Crippen LogP contribution in [0.4, 0.5) is 0 Å². The fraction of sp³-hybridized carbons (Fsp3) is 0.889. The predicted molar refractivity (Wildman–Crippen MR) is 56.9 cm³/mol. The molecular weight excluding hydrogens is 234 g/mol. The molecule has 0 saturated carbocycles. The van der Waals surface area contributed by atoms with E-state index in [4.69, 9.17) is 4.74 Å². The monoisotopic (exact) mass is 251 g/mol. The molecule has 0 amide bonds. The molecule has 1 saturated heterocycles. The van der Waals surface area contributed by atoms with E-state index in [0.29, 0.717) is 0 Å². The first-order valence-corrected chi connectivity index (χ1v) is 6.22. The van der Waals surface area contributed by atoms with E-state index in [-0.39, 0.29) is 6.61 Å². The normalized spacial score (nSPS) is 30.3. The molecule has 1 rings (SSSR count). The van der Waals surface area contributed by atoms with Gasteiger partial charge in [0.05, 0.1) is 6.61 Å². The Kier molecular flexibility index (Phi) is 3.08. The van der Waals surface area contributed by atoms with E-state index in [9.17, 15) is 13.2 Å². The number of carbonyl (C=O) groups excluding carboxylic acids is 1. The van der Waals surface area contributed by atoms with Gasteiger partial charge in [-0.15, -0.1) is 0 Å². The highest BCUT2D eigenvalue weighted by atomic mass is 32.2. The molecule has 0 aromatic carbocycles. The van der Waals surface area contributed by atoms with E-state index in [1.54, 1.807) is 20.8 Å². The van der Waals surface area contributed by atoms with Crippen LogP contribution in [0.15, 0.2) is 0 Å². The molecule has 1 atom stereocenters. The van der Waals surface area contributed by atoms with Gasteiger partial charge in [-0.25, -0.2) is 4.79 Å². The number of rotatable bonds is 1. The highest BCUT2D eigenvalue weighted by Crippen LogP contribution is 2.29. The third kappa shape index (κ3) is 2.36. The third-order valence-corrected chi connectivity index (χ3v) is 3.85. The fourth-order valence-electron chi connectivity index (χ4n) is 1.18. The maximum atomic E-state index is 11.9. The van der Waals surface area contributed by atoms with Crippen molar-refractivity contribution in [1.82, 2.24) is 4.31 Å². The van der Waals surface area contributed by atoms with Gasteiger partial charge in [-0.05, 0) is 27.7 Å². The minimum atomic E-state index is -3.80. The van der Waals surface area contributed by atoms with Crippen LogP contribution in [0.2, 0.25) is 0 Å². The summed E-state index contributed by atoms with van der Waals surface area (Å²) in [7, 11) is -2.50. The second-order valence-corrected chi connectivity index (χ2v) is 6.60. The molecule has 1 heterocycles. The Hall–Kier alpha value is -0.660. The number of hydrogen-bond donors (Lipinski definition) is 0. The minimum absolute atomic E-state index is 0.221. The topological polar surface area (TPSA) is 72.9 Å². The van der Waals surface area contributed by atoms with Gasteiger partial charge in [0.25, 0.3) is 0 Å². The minimum Gasteiger partial charge on any atom is -0.458 e. The molecular formula is C9H17NO5S. The van der Waals surface area contributed by atoms with Gasteiger partial charge in [0.15, 0.2) is 5.54 Å². The summed E-state index contributed by atoms with van der Waals surface area (Å²) in [6.45, 7) is 6.42. The van der Waals surface area contributed by atoms with Crippen LogP contribution in [0.3, 0.4) is 0 Å². The summed E-state index contributed by atoms with van der Waals surface area (Å²) in [5.41, 5.74) is -1.95. The average Bonchev–Trinajstić information content (AvgIpc) is 2.28. The number of ether oxygens (including phenoxy) is 1. The van der Waals surface area contributed by atoms with E-state index in [1.165, 1.54) is 14.0 Å². The van der Waals surface area contributed by atoms with E-state index in [0.717, 1.165) is 4.31 Å². The number of likely N-dealkylation sites (N-methyl/N-ethyl adjacent to an activating group) is 1. The molecule has 1 aliphatic rings. The molecule has 0 aliphatic carbocycles. The van der Waals surface area contributed by atoms with Crippen LogP contribution in [0, 0.1) is 0 Å². The summed E-state index contributed by atoms with van der Waals surface area (Å²) in [6.07, 6.45) is 0. The number of hydrogen-bond acceptors (Lipinski definition) is 5. The molecule has 6 nitrogen and oxygen atoms in total. The smallest absolute Gasteiger partial charge is 0.339 e. The van der Waals surface area contributed by atoms with Crippen molar-refractivity contribution < 1.29 is 22.1 Å². The molecule has 0 aromatic heterocycles. The zero-order chi connectivity index (χ0) is 12.8. The summed E-state index contributed by atoms with van der Waals surface area (Å²) in [4.78, 5) is 11.9. The zero-order valence-electron chi connectivity index (χ0n) is 10.1. The van der Waals surface area contributed by atoms with Crippen molar-refractivity contribution in [3.63, 3.8) is 0 Å². The van der Waals surface area contributed by atoms with Crippen molar-refractivity contribution in [2.24, 2.45) is 0 Å². The Morgan fingerprint density at radius 3 is 2.25 bits per heavy atom. The van der Waals surface area contributed by atoms with Gasteiger partial charge in [-0.1, -0.05) is 0 Å². The standard InChI is InChI=1S/C9H17NO5S/c1-8(2,3)15-7(11)9(4)6-14-16(12,13)10(9)5/h6H2,1-5H3/t9-/m1/s1. The molecule has 0 spiro atoms. The largest absolute Gasteiger partial charge is 0.458 e. The first-order chi connectivity index (χ1) is 6.99. The van der Waals surface area contributed by atoms with Crippen molar-refractivity contribution in [1.29, 1.82) is 0 Å². The van der Waals surface area contributed by atoms with Crippen LogP contribution in [0.25, 0.3) is 0 Å². The van der Waals surface area contributed by atoms with Crippen molar-refractivity contribution in [3.8, 4) is 0 Å². The van der Waals surface area contributed by atoms with Crippen LogP contribution in [-0.2, 0) is 24.0 Å². The second kappa shape index (κ2) is 3.68. The van der Waals surface area contributed by atoms with Gasteiger partial charge in [-0.3, -0.25) is 4.18 Å². The van der Waals surface area contributed by atoms with Gasteiger partial charge in [0.2, 0.25) is 0 Å². The first-order valence-electron chi connectivity index (χ1n) is 4.86.